The molecule has 1 amide bonds. The second-order valence-electron chi connectivity index (χ2n) is 6.26. The summed E-state index contributed by atoms with van der Waals surface area (Å²) >= 11 is 0. The van der Waals surface area contributed by atoms with Crippen LogP contribution in [0.5, 0.6) is 0 Å². The highest BCUT2D eigenvalue weighted by atomic mass is 16.2. The maximum absolute atomic E-state index is 12.1. The van der Waals surface area contributed by atoms with E-state index in [0.29, 0.717) is 5.92 Å². The van der Waals surface area contributed by atoms with Gasteiger partial charge in [-0.1, -0.05) is 19.8 Å². The highest BCUT2D eigenvalue weighted by molar-refractivity contribution is 5.82. The Morgan fingerprint density at radius 2 is 2.00 bits per heavy atom. The second-order valence-corrected chi connectivity index (χ2v) is 6.26. The minimum atomic E-state index is 0.0190. The van der Waals surface area contributed by atoms with Gasteiger partial charge in [0.15, 0.2) is 0 Å². The Morgan fingerprint density at radius 1 is 1.26 bits per heavy atom. The van der Waals surface area contributed by atoms with Crippen molar-refractivity contribution in [1.82, 2.24) is 15.5 Å². The van der Waals surface area contributed by atoms with Crippen LogP contribution < -0.4 is 10.6 Å². The van der Waals surface area contributed by atoms with Crippen molar-refractivity contribution in [1.29, 1.82) is 0 Å². The summed E-state index contributed by atoms with van der Waals surface area (Å²) in [4.78, 5) is 14.5. The van der Waals surface area contributed by atoms with Crippen molar-refractivity contribution < 1.29 is 4.79 Å². The topological polar surface area (TPSA) is 44.4 Å². The predicted molar refractivity (Wildman–Crippen MR) is 78.1 cm³/mol. The van der Waals surface area contributed by atoms with Gasteiger partial charge in [-0.05, 0) is 45.2 Å². The number of likely N-dealkylation sites (N-methyl/N-ethyl adjacent to an activating group) is 1. The molecule has 19 heavy (non-hydrogen) atoms. The van der Waals surface area contributed by atoms with E-state index in [1.54, 1.807) is 0 Å². The molecular weight excluding hydrogens is 238 g/mol. The van der Waals surface area contributed by atoms with Crippen molar-refractivity contribution in [2.75, 3.05) is 26.7 Å². The average Bonchev–Trinajstić information content (AvgIpc) is 2.93. The minimum absolute atomic E-state index is 0.0190. The molecule has 2 N–H and O–H groups in total. The number of nitrogens with zero attached hydrogens (tertiary/aromatic N) is 1. The molecule has 1 saturated heterocycles. The molecule has 0 spiro atoms. The fourth-order valence-electron chi connectivity index (χ4n) is 3.39. The van der Waals surface area contributed by atoms with E-state index in [9.17, 15) is 4.79 Å². The molecule has 2 aliphatic rings. The first kappa shape index (κ1) is 14.8. The third-order valence-corrected chi connectivity index (χ3v) is 4.76. The van der Waals surface area contributed by atoms with Gasteiger partial charge in [-0.2, -0.15) is 0 Å². The number of nitrogens with one attached hydrogen (secondary N) is 2. The molecule has 4 heteroatoms. The van der Waals surface area contributed by atoms with Gasteiger partial charge in [0.25, 0.3) is 0 Å². The maximum atomic E-state index is 12.1. The molecule has 1 saturated carbocycles. The SMILES string of the molecule is CC1CCCNC1C(=O)NCCN(C)C1CCCC1. The Balaban J connectivity index is 1.65. The van der Waals surface area contributed by atoms with E-state index in [0.717, 1.165) is 32.1 Å². The lowest BCUT2D eigenvalue weighted by Crippen LogP contribution is -2.52. The van der Waals surface area contributed by atoms with Crippen LogP contribution in [0.15, 0.2) is 0 Å². The number of hydrogen-bond donors (Lipinski definition) is 2. The number of hydrogen-bond acceptors (Lipinski definition) is 3. The van der Waals surface area contributed by atoms with Crippen molar-refractivity contribution in [2.24, 2.45) is 5.92 Å². The molecule has 1 aliphatic carbocycles. The molecule has 0 bridgehead atoms. The summed E-state index contributed by atoms with van der Waals surface area (Å²) in [6.45, 7) is 4.89. The van der Waals surface area contributed by atoms with E-state index in [1.807, 2.05) is 0 Å². The monoisotopic (exact) mass is 267 g/mol. The van der Waals surface area contributed by atoms with Gasteiger partial charge < -0.3 is 15.5 Å². The Hall–Kier alpha value is -0.610. The summed E-state index contributed by atoms with van der Waals surface area (Å²) in [6.07, 6.45) is 7.73. The number of carbonyl (C=O) groups is 1. The molecule has 2 atom stereocenters. The summed E-state index contributed by atoms with van der Waals surface area (Å²) in [5.74, 6) is 0.647. The van der Waals surface area contributed by atoms with Crippen LogP contribution in [0, 0.1) is 5.92 Å². The number of carbonyl (C=O) groups excluding carboxylic acids is 1. The van der Waals surface area contributed by atoms with E-state index in [4.69, 9.17) is 0 Å². The van der Waals surface area contributed by atoms with Crippen LogP contribution in [0.4, 0.5) is 0 Å². The first-order valence-electron chi connectivity index (χ1n) is 7.90. The fourth-order valence-corrected chi connectivity index (χ4v) is 3.39. The zero-order valence-electron chi connectivity index (χ0n) is 12.5. The highest BCUT2D eigenvalue weighted by Crippen LogP contribution is 2.21. The predicted octanol–water partition coefficient (Wildman–Crippen LogP) is 1.37. The quantitative estimate of drug-likeness (QED) is 0.790. The summed E-state index contributed by atoms with van der Waals surface area (Å²) in [5, 5.41) is 6.43. The zero-order chi connectivity index (χ0) is 13.7. The summed E-state index contributed by atoms with van der Waals surface area (Å²) in [6, 6.07) is 0.758. The van der Waals surface area contributed by atoms with Crippen LogP contribution >= 0.6 is 0 Å². The molecule has 0 aromatic rings. The van der Waals surface area contributed by atoms with Crippen molar-refractivity contribution in [2.45, 2.75) is 57.5 Å². The number of rotatable bonds is 5. The van der Waals surface area contributed by atoms with Gasteiger partial charge in [0, 0.05) is 19.1 Å². The third-order valence-electron chi connectivity index (χ3n) is 4.76. The van der Waals surface area contributed by atoms with E-state index in [-0.39, 0.29) is 11.9 Å². The number of amides is 1. The smallest absolute Gasteiger partial charge is 0.237 e. The van der Waals surface area contributed by atoms with Gasteiger partial charge in [0.1, 0.15) is 0 Å². The molecule has 0 aromatic heterocycles. The van der Waals surface area contributed by atoms with Gasteiger partial charge in [0.05, 0.1) is 6.04 Å². The Bertz CT molecular complexity index is 289. The van der Waals surface area contributed by atoms with Crippen LogP contribution in [-0.2, 0) is 4.79 Å². The van der Waals surface area contributed by atoms with E-state index in [2.05, 4.69) is 29.5 Å². The lowest BCUT2D eigenvalue weighted by Gasteiger charge is -2.29. The van der Waals surface area contributed by atoms with Crippen LogP contribution in [0.1, 0.15) is 45.4 Å². The second kappa shape index (κ2) is 7.25. The minimum Gasteiger partial charge on any atom is -0.353 e. The third kappa shape index (κ3) is 4.18. The standard InChI is InChI=1S/C15H29N3O/c1-12-6-5-9-16-14(12)15(19)17-10-11-18(2)13-7-3-4-8-13/h12-14,16H,3-11H2,1-2H3,(H,17,19). The van der Waals surface area contributed by atoms with E-state index >= 15 is 0 Å². The Morgan fingerprint density at radius 3 is 2.68 bits per heavy atom. The molecule has 1 aliphatic heterocycles. The summed E-state index contributed by atoms with van der Waals surface area (Å²) in [7, 11) is 2.18. The average molecular weight is 267 g/mol. The van der Waals surface area contributed by atoms with Gasteiger partial charge >= 0.3 is 0 Å². The van der Waals surface area contributed by atoms with Gasteiger partial charge in [0.2, 0.25) is 5.91 Å². The first-order valence-corrected chi connectivity index (χ1v) is 7.90. The van der Waals surface area contributed by atoms with Gasteiger partial charge in [-0.3, -0.25) is 4.79 Å². The molecule has 2 unspecified atom stereocenters. The maximum Gasteiger partial charge on any atom is 0.237 e. The van der Waals surface area contributed by atoms with Crippen LogP contribution in [0.2, 0.25) is 0 Å². The molecule has 1 heterocycles. The summed E-state index contributed by atoms with van der Waals surface area (Å²) < 4.78 is 0. The van der Waals surface area contributed by atoms with Gasteiger partial charge in [-0.25, -0.2) is 0 Å². The van der Waals surface area contributed by atoms with Crippen molar-refractivity contribution >= 4 is 5.91 Å². The van der Waals surface area contributed by atoms with Crippen molar-refractivity contribution in [3.8, 4) is 0 Å². The normalized spacial score (nSPS) is 28.8. The van der Waals surface area contributed by atoms with Crippen LogP contribution in [-0.4, -0.2) is 49.6 Å². The molecule has 110 valence electrons. The van der Waals surface area contributed by atoms with Crippen molar-refractivity contribution in [3.05, 3.63) is 0 Å². The van der Waals surface area contributed by atoms with E-state index in [1.165, 1.54) is 32.1 Å². The van der Waals surface area contributed by atoms with Crippen molar-refractivity contribution in [3.63, 3.8) is 0 Å². The summed E-state index contributed by atoms with van der Waals surface area (Å²) in [5.41, 5.74) is 0. The molecule has 0 aromatic carbocycles. The molecular formula is C15H29N3O. The largest absolute Gasteiger partial charge is 0.353 e. The Kier molecular flexibility index (Phi) is 5.64. The van der Waals surface area contributed by atoms with E-state index < -0.39 is 0 Å². The fraction of sp³-hybridized carbons (Fsp3) is 0.933. The lowest BCUT2D eigenvalue weighted by atomic mass is 9.92. The first-order chi connectivity index (χ1) is 9.18. The molecule has 4 nitrogen and oxygen atoms in total. The van der Waals surface area contributed by atoms with Gasteiger partial charge in [-0.15, -0.1) is 0 Å². The Labute approximate surface area is 117 Å². The lowest BCUT2D eigenvalue weighted by molar-refractivity contribution is -0.124. The highest BCUT2D eigenvalue weighted by Gasteiger charge is 2.27. The van der Waals surface area contributed by atoms with Crippen LogP contribution in [0.3, 0.4) is 0 Å². The van der Waals surface area contributed by atoms with Crippen LogP contribution in [0.25, 0.3) is 0 Å². The number of piperidine rings is 1. The molecule has 2 rings (SSSR count). The zero-order valence-corrected chi connectivity index (χ0v) is 12.5. The molecule has 2 fully saturated rings. The molecule has 0 radical (unpaired) electrons.